The number of para-hydroxylation sites is 1. The van der Waals surface area contributed by atoms with Crippen molar-refractivity contribution in [2.75, 3.05) is 18.5 Å². The topological polar surface area (TPSA) is 64.3 Å². The molecule has 0 fully saturated rings. The highest BCUT2D eigenvalue weighted by molar-refractivity contribution is 7.80. The van der Waals surface area contributed by atoms with Crippen LogP contribution < -0.4 is 11.1 Å². The third-order valence-electron chi connectivity index (χ3n) is 3.08. The second kappa shape index (κ2) is 10.3. The van der Waals surface area contributed by atoms with E-state index in [9.17, 15) is 4.79 Å². The van der Waals surface area contributed by atoms with Crippen molar-refractivity contribution in [1.29, 1.82) is 0 Å². The van der Waals surface area contributed by atoms with Crippen LogP contribution in [0.5, 0.6) is 0 Å². The molecule has 0 bridgehead atoms. The molecule has 0 unspecified atom stereocenters. The summed E-state index contributed by atoms with van der Waals surface area (Å²) in [5, 5.41) is 2.82. The molecular weight excluding hydrogens is 284 g/mol. The molecule has 0 heterocycles. The average Bonchev–Trinajstić information content (AvgIpc) is 2.46. The number of nitrogens with one attached hydrogen (secondary N) is 1. The fourth-order valence-electron chi connectivity index (χ4n) is 1.92. The van der Waals surface area contributed by atoms with Crippen molar-refractivity contribution in [2.45, 2.75) is 39.0 Å². The Morgan fingerprint density at radius 1 is 1.24 bits per heavy atom. The smallest absolute Gasteiger partial charge is 0.226 e. The Kier molecular flexibility index (Phi) is 8.62. The third kappa shape index (κ3) is 7.20. The maximum Gasteiger partial charge on any atom is 0.226 e. The molecule has 0 aromatic heterocycles. The number of ether oxygens (including phenoxy) is 1. The first kappa shape index (κ1) is 17.6. The van der Waals surface area contributed by atoms with E-state index in [4.69, 9.17) is 22.7 Å². The van der Waals surface area contributed by atoms with Crippen LogP contribution in [0.25, 0.3) is 0 Å². The number of amides is 1. The van der Waals surface area contributed by atoms with Crippen molar-refractivity contribution in [3.8, 4) is 0 Å². The summed E-state index contributed by atoms with van der Waals surface area (Å²) in [6.07, 6.45) is 5.02. The Hall–Kier alpha value is -1.46. The van der Waals surface area contributed by atoms with Crippen molar-refractivity contribution in [3.63, 3.8) is 0 Å². The molecule has 21 heavy (non-hydrogen) atoms. The second-order valence-electron chi connectivity index (χ2n) is 4.88. The van der Waals surface area contributed by atoms with Gasteiger partial charge in [0.05, 0.1) is 18.7 Å². The fraction of sp³-hybridized carbons (Fsp3) is 0.500. The Morgan fingerprint density at radius 2 is 2.00 bits per heavy atom. The van der Waals surface area contributed by atoms with E-state index < -0.39 is 0 Å². The number of hydrogen-bond acceptors (Lipinski definition) is 3. The molecule has 0 radical (unpaired) electrons. The van der Waals surface area contributed by atoms with Crippen LogP contribution in [0.3, 0.4) is 0 Å². The summed E-state index contributed by atoms with van der Waals surface area (Å²) in [5.41, 5.74) is 6.96. The van der Waals surface area contributed by atoms with Gasteiger partial charge >= 0.3 is 0 Å². The van der Waals surface area contributed by atoms with Gasteiger partial charge in [-0.15, -0.1) is 0 Å². The summed E-state index contributed by atoms with van der Waals surface area (Å²) in [6, 6.07) is 7.26. The van der Waals surface area contributed by atoms with E-state index in [1.54, 1.807) is 12.1 Å². The Labute approximate surface area is 132 Å². The molecular formula is C16H24N2O2S. The Balaban J connectivity index is 2.27. The molecule has 0 aliphatic carbocycles. The first-order valence-corrected chi connectivity index (χ1v) is 7.82. The minimum Gasteiger partial charge on any atom is -0.389 e. The number of nitrogens with two attached hydrogens (primary N) is 1. The van der Waals surface area contributed by atoms with Gasteiger partial charge in [-0.05, 0) is 18.6 Å². The van der Waals surface area contributed by atoms with Crippen LogP contribution in [0.2, 0.25) is 0 Å². The monoisotopic (exact) mass is 308 g/mol. The number of anilines is 1. The third-order valence-corrected chi connectivity index (χ3v) is 3.30. The number of carbonyl (C=O) groups is 1. The highest BCUT2D eigenvalue weighted by Crippen LogP contribution is 2.14. The van der Waals surface area contributed by atoms with Crippen molar-refractivity contribution < 1.29 is 9.53 Å². The van der Waals surface area contributed by atoms with Gasteiger partial charge in [-0.2, -0.15) is 0 Å². The zero-order chi connectivity index (χ0) is 15.5. The van der Waals surface area contributed by atoms with Crippen molar-refractivity contribution in [1.82, 2.24) is 0 Å². The molecule has 3 N–H and O–H groups in total. The van der Waals surface area contributed by atoms with Crippen LogP contribution in [0.4, 0.5) is 5.69 Å². The van der Waals surface area contributed by atoms with Crippen LogP contribution in [-0.2, 0) is 9.53 Å². The quantitative estimate of drug-likeness (QED) is 0.514. The lowest BCUT2D eigenvalue weighted by molar-refractivity contribution is -0.117. The highest BCUT2D eigenvalue weighted by Gasteiger charge is 2.08. The maximum atomic E-state index is 11.8. The summed E-state index contributed by atoms with van der Waals surface area (Å²) < 4.78 is 5.45. The van der Waals surface area contributed by atoms with E-state index in [-0.39, 0.29) is 10.9 Å². The first-order chi connectivity index (χ1) is 10.1. The number of hydrogen-bond donors (Lipinski definition) is 2. The molecule has 1 amide bonds. The number of unbranched alkanes of at least 4 members (excludes halogenated alkanes) is 3. The van der Waals surface area contributed by atoms with Crippen LogP contribution in [0.15, 0.2) is 24.3 Å². The lowest BCUT2D eigenvalue weighted by atomic mass is 10.1. The van der Waals surface area contributed by atoms with E-state index in [0.717, 1.165) is 13.0 Å². The van der Waals surface area contributed by atoms with Crippen LogP contribution in [0, 0.1) is 0 Å². The van der Waals surface area contributed by atoms with Gasteiger partial charge in [-0.1, -0.05) is 50.5 Å². The van der Waals surface area contributed by atoms with Crippen LogP contribution >= 0.6 is 12.2 Å². The van der Waals surface area contributed by atoms with E-state index in [0.29, 0.717) is 24.3 Å². The predicted molar refractivity (Wildman–Crippen MR) is 90.5 cm³/mol. The lowest BCUT2D eigenvalue weighted by Gasteiger charge is -2.10. The minimum atomic E-state index is -0.0905. The fourth-order valence-corrected chi connectivity index (χ4v) is 2.10. The van der Waals surface area contributed by atoms with Crippen LogP contribution in [-0.4, -0.2) is 24.1 Å². The normalized spacial score (nSPS) is 10.3. The summed E-state index contributed by atoms with van der Waals surface area (Å²) in [7, 11) is 0. The number of thiocarbonyl (C=S) groups is 1. The van der Waals surface area contributed by atoms with Crippen molar-refractivity contribution >= 4 is 28.8 Å². The molecule has 0 spiro atoms. The molecule has 0 aliphatic rings. The van der Waals surface area contributed by atoms with E-state index in [1.165, 1.54) is 19.3 Å². The summed E-state index contributed by atoms with van der Waals surface area (Å²) in [6.45, 7) is 3.33. The van der Waals surface area contributed by atoms with Gasteiger partial charge in [0.15, 0.2) is 0 Å². The van der Waals surface area contributed by atoms with Gasteiger partial charge in [-0.25, -0.2) is 0 Å². The molecule has 0 aliphatic heterocycles. The molecule has 0 atom stereocenters. The molecule has 4 nitrogen and oxygen atoms in total. The van der Waals surface area contributed by atoms with Gasteiger partial charge in [-0.3, -0.25) is 4.79 Å². The molecule has 1 aromatic carbocycles. The Morgan fingerprint density at radius 3 is 2.71 bits per heavy atom. The van der Waals surface area contributed by atoms with E-state index in [2.05, 4.69) is 12.2 Å². The minimum absolute atomic E-state index is 0.0905. The van der Waals surface area contributed by atoms with Gasteiger partial charge in [0, 0.05) is 12.2 Å². The molecule has 0 saturated carbocycles. The van der Waals surface area contributed by atoms with Crippen molar-refractivity contribution in [2.24, 2.45) is 5.73 Å². The number of benzene rings is 1. The molecule has 116 valence electrons. The first-order valence-electron chi connectivity index (χ1n) is 7.41. The predicted octanol–water partition coefficient (Wildman–Crippen LogP) is 3.25. The molecule has 1 rings (SSSR count). The highest BCUT2D eigenvalue weighted by atomic mass is 32.1. The SMILES string of the molecule is CCCCCCOCCC(=O)Nc1ccccc1C(N)=S. The molecule has 1 aromatic rings. The maximum absolute atomic E-state index is 11.8. The number of carbonyl (C=O) groups excluding carboxylic acids is 1. The summed E-state index contributed by atoms with van der Waals surface area (Å²) in [5.74, 6) is -0.0905. The zero-order valence-corrected chi connectivity index (χ0v) is 13.4. The van der Waals surface area contributed by atoms with Gasteiger partial charge < -0.3 is 15.8 Å². The van der Waals surface area contributed by atoms with Gasteiger partial charge in [0.2, 0.25) is 5.91 Å². The number of rotatable bonds is 10. The second-order valence-corrected chi connectivity index (χ2v) is 5.32. The summed E-state index contributed by atoms with van der Waals surface area (Å²) >= 11 is 4.96. The lowest BCUT2D eigenvalue weighted by Crippen LogP contribution is -2.18. The van der Waals surface area contributed by atoms with Crippen LogP contribution in [0.1, 0.15) is 44.6 Å². The van der Waals surface area contributed by atoms with E-state index >= 15 is 0 Å². The zero-order valence-electron chi connectivity index (χ0n) is 12.6. The van der Waals surface area contributed by atoms with E-state index in [1.807, 2.05) is 12.1 Å². The molecule has 0 saturated heterocycles. The standard InChI is InChI=1S/C16H24N2O2S/c1-2-3-4-7-11-20-12-10-15(19)18-14-9-6-5-8-13(14)16(17)21/h5-6,8-9H,2-4,7,10-12H2,1H3,(H2,17,21)(H,18,19). The van der Waals surface area contributed by atoms with Crippen molar-refractivity contribution in [3.05, 3.63) is 29.8 Å². The largest absolute Gasteiger partial charge is 0.389 e. The molecule has 5 heteroatoms. The van der Waals surface area contributed by atoms with Gasteiger partial charge in [0.1, 0.15) is 4.99 Å². The average molecular weight is 308 g/mol. The van der Waals surface area contributed by atoms with Gasteiger partial charge in [0.25, 0.3) is 0 Å². The Bertz CT molecular complexity index is 463. The summed E-state index contributed by atoms with van der Waals surface area (Å²) in [4.78, 5) is 12.1.